The second-order valence-electron chi connectivity index (χ2n) is 6.78. The van der Waals surface area contributed by atoms with Crippen molar-refractivity contribution in [2.75, 3.05) is 51.4 Å². The molecule has 7 nitrogen and oxygen atoms in total. The number of morpholine rings is 1. The Bertz CT molecular complexity index is 800. The minimum Gasteiger partial charge on any atom is -0.497 e. The maximum Gasteiger partial charge on any atom is 0.315 e. The molecule has 0 spiro atoms. The average molecular weight is 397 g/mol. The van der Waals surface area contributed by atoms with Crippen LogP contribution < -0.4 is 20.3 Å². The summed E-state index contributed by atoms with van der Waals surface area (Å²) in [5, 5.41) is 5.38. The molecule has 0 bridgehead atoms. The van der Waals surface area contributed by atoms with E-state index in [1.807, 2.05) is 36.4 Å². The van der Waals surface area contributed by atoms with Crippen LogP contribution in [0.25, 0.3) is 0 Å². The number of ether oxygens (including phenoxy) is 2. The highest BCUT2D eigenvalue weighted by Gasteiger charge is 2.12. The van der Waals surface area contributed by atoms with E-state index in [2.05, 4.69) is 15.5 Å². The van der Waals surface area contributed by atoms with E-state index in [1.54, 1.807) is 19.2 Å². The molecule has 0 unspecified atom stereocenters. The Balaban J connectivity index is 1.38. The molecule has 0 aliphatic carbocycles. The smallest absolute Gasteiger partial charge is 0.315 e. The maximum atomic E-state index is 12.3. The number of rotatable bonds is 8. The minimum atomic E-state index is -0.350. The summed E-state index contributed by atoms with van der Waals surface area (Å²) >= 11 is 0. The van der Waals surface area contributed by atoms with Gasteiger partial charge in [-0.25, -0.2) is 4.79 Å². The molecule has 0 aromatic heterocycles. The van der Waals surface area contributed by atoms with Gasteiger partial charge in [0.05, 0.1) is 26.9 Å². The van der Waals surface area contributed by atoms with Gasteiger partial charge in [0.15, 0.2) is 5.78 Å². The van der Waals surface area contributed by atoms with E-state index in [4.69, 9.17) is 9.47 Å². The molecule has 0 radical (unpaired) electrons. The number of methoxy groups -OCH3 is 1. The first-order valence-corrected chi connectivity index (χ1v) is 9.76. The number of nitrogens with one attached hydrogen (secondary N) is 2. The Morgan fingerprint density at radius 3 is 2.34 bits per heavy atom. The predicted octanol–water partition coefficient (Wildman–Crippen LogP) is 2.26. The molecule has 0 saturated carbocycles. The summed E-state index contributed by atoms with van der Waals surface area (Å²) in [5.74, 6) is 0.680. The largest absolute Gasteiger partial charge is 0.497 e. The van der Waals surface area contributed by atoms with E-state index in [0.29, 0.717) is 18.5 Å². The molecule has 29 heavy (non-hydrogen) atoms. The third-order valence-electron chi connectivity index (χ3n) is 4.83. The number of nitrogens with zero attached hydrogens (tertiary/aromatic N) is 1. The highest BCUT2D eigenvalue weighted by molar-refractivity contribution is 5.99. The number of ketones is 1. The molecular formula is C22H27N3O4. The first kappa shape index (κ1) is 20.7. The van der Waals surface area contributed by atoms with E-state index in [1.165, 1.54) is 0 Å². The van der Waals surface area contributed by atoms with Crippen molar-refractivity contribution < 1.29 is 19.1 Å². The first-order chi connectivity index (χ1) is 14.2. The molecule has 1 saturated heterocycles. The summed E-state index contributed by atoms with van der Waals surface area (Å²) in [6, 6.07) is 14.8. The van der Waals surface area contributed by atoms with Crippen LogP contribution in [0.5, 0.6) is 5.75 Å². The summed E-state index contributed by atoms with van der Waals surface area (Å²) < 4.78 is 10.5. The predicted molar refractivity (Wildman–Crippen MR) is 112 cm³/mol. The van der Waals surface area contributed by atoms with Gasteiger partial charge in [-0.15, -0.1) is 0 Å². The normalized spacial score (nSPS) is 13.6. The van der Waals surface area contributed by atoms with E-state index in [9.17, 15) is 9.59 Å². The molecule has 0 atom stereocenters. The highest BCUT2D eigenvalue weighted by Crippen LogP contribution is 2.17. The number of anilines is 1. The number of benzene rings is 2. The number of carbonyl (C=O) groups is 2. The van der Waals surface area contributed by atoms with Gasteiger partial charge >= 0.3 is 6.03 Å². The van der Waals surface area contributed by atoms with Crippen LogP contribution in [-0.4, -0.2) is 58.3 Å². The van der Waals surface area contributed by atoms with Crippen LogP contribution >= 0.6 is 0 Å². The van der Waals surface area contributed by atoms with Gasteiger partial charge in [-0.2, -0.15) is 0 Å². The fraction of sp³-hybridized carbons (Fsp3) is 0.364. The molecule has 2 aromatic carbocycles. The maximum absolute atomic E-state index is 12.3. The Morgan fingerprint density at radius 2 is 1.69 bits per heavy atom. The lowest BCUT2D eigenvalue weighted by atomic mass is 10.1. The van der Waals surface area contributed by atoms with Gasteiger partial charge in [0, 0.05) is 30.9 Å². The summed E-state index contributed by atoms with van der Waals surface area (Å²) in [5.41, 5.74) is 2.76. The van der Waals surface area contributed by atoms with Gasteiger partial charge < -0.3 is 25.0 Å². The third-order valence-corrected chi connectivity index (χ3v) is 4.83. The lowest BCUT2D eigenvalue weighted by Crippen LogP contribution is -2.39. The van der Waals surface area contributed by atoms with Gasteiger partial charge in [0.1, 0.15) is 5.75 Å². The highest BCUT2D eigenvalue weighted by atomic mass is 16.5. The molecule has 7 heteroatoms. The van der Waals surface area contributed by atoms with Crippen LogP contribution in [0.3, 0.4) is 0 Å². The zero-order chi connectivity index (χ0) is 20.5. The van der Waals surface area contributed by atoms with Gasteiger partial charge in [0.2, 0.25) is 0 Å². The SMILES string of the molecule is COc1ccc(CCNC(=O)NCC(=O)c2ccc(N3CCOCC3)cc2)cc1. The number of urea groups is 1. The lowest BCUT2D eigenvalue weighted by molar-refractivity contribution is 0.0992. The van der Waals surface area contributed by atoms with Crippen molar-refractivity contribution in [3.63, 3.8) is 0 Å². The molecule has 2 amide bonds. The van der Waals surface area contributed by atoms with Crippen molar-refractivity contribution in [2.45, 2.75) is 6.42 Å². The quantitative estimate of drug-likeness (QED) is 0.668. The molecule has 1 fully saturated rings. The van der Waals surface area contributed by atoms with Crippen molar-refractivity contribution in [3.8, 4) is 5.75 Å². The summed E-state index contributed by atoms with van der Waals surface area (Å²) in [4.78, 5) is 26.5. The van der Waals surface area contributed by atoms with Gasteiger partial charge in [-0.3, -0.25) is 4.79 Å². The Morgan fingerprint density at radius 1 is 1.00 bits per heavy atom. The molecule has 1 aliphatic heterocycles. The van der Waals surface area contributed by atoms with Crippen molar-refractivity contribution in [2.24, 2.45) is 0 Å². The fourth-order valence-corrected chi connectivity index (χ4v) is 3.12. The third kappa shape index (κ3) is 6.22. The van der Waals surface area contributed by atoms with Gasteiger partial charge in [0.25, 0.3) is 0 Å². The van der Waals surface area contributed by atoms with Gasteiger partial charge in [-0.1, -0.05) is 12.1 Å². The van der Waals surface area contributed by atoms with Crippen LogP contribution in [0.2, 0.25) is 0 Å². The number of amides is 2. The van der Waals surface area contributed by atoms with E-state index in [-0.39, 0.29) is 18.4 Å². The van der Waals surface area contributed by atoms with Crippen molar-refractivity contribution >= 4 is 17.5 Å². The number of hydrogen-bond donors (Lipinski definition) is 2. The molecule has 3 rings (SSSR count). The monoisotopic (exact) mass is 397 g/mol. The summed E-state index contributed by atoms with van der Waals surface area (Å²) in [7, 11) is 1.63. The molecule has 1 aliphatic rings. The zero-order valence-corrected chi connectivity index (χ0v) is 16.6. The van der Waals surface area contributed by atoms with Crippen molar-refractivity contribution in [1.82, 2.24) is 10.6 Å². The minimum absolute atomic E-state index is 0.0364. The van der Waals surface area contributed by atoms with Crippen LogP contribution in [0.15, 0.2) is 48.5 Å². The molecule has 2 N–H and O–H groups in total. The van der Waals surface area contributed by atoms with Gasteiger partial charge in [-0.05, 0) is 48.4 Å². The van der Waals surface area contributed by atoms with E-state index >= 15 is 0 Å². The average Bonchev–Trinajstić information content (AvgIpc) is 2.78. The van der Waals surface area contributed by atoms with Crippen molar-refractivity contribution in [1.29, 1.82) is 0 Å². The Kier molecular flexibility index (Phi) is 7.47. The van der Waals surface area contributed by atoms with E-state index < -0.39 is 0 Å². The first-order valence-electron chi connectivity index (χ1n) is 9.76. The molecule has 2 aromatic rings. The summed E-state index contributed by atoms with van der Waals surface area (Å²) in [6.07, 6.45) is 0.703. The van der Waals surface area contributed by atoms with Crippen LogP contribution in [-0.2, 0) is 11.2 Å². The summed E-state index contributed by atoms with van der Waals surface area (Å²) in [6.45, 7) is 3.60. The van der Waals surface area contributed by atoms with E-state index in [0.717, 1.165) is 43.3 Å². The lowest BCUT2D eigenvalue weighted by Gasteiger charge is -2.28. The van der Waals surface area contributed by atoms with Crippen LogP contribution in [0, 0.1) is 0 Å². The zero-order valence-electron chi connectivity index (χ0n) is 16.6. The molecular weight excluding hydrogens is 370 g/mol. The number of hydrogen-bond acceptors (Lipinski definition) is 5. The van der Waals surface area contributed by atoms with Crippen LogP contribution in [0.4, 0.5) is 10.5 Å². The second-order valence-corrected chi connectivity index (χ2v) is 6.78. The Hall–Kier alpha value is -3.06. The second kappa shape index (κ2) is 10.5. The number of Topliss-reactive ketones (excluding diaryl/α,β-unsaturated/α-hetero) is 1. The fourth-order valence-electron chi connectivity index (χ4n) is 3.12. The van der Waals surface area contributed by atoms with Crippen LogP contribution in [0.1, 0.15) is 15.9 Å². The topological polar surface area (TPSA) is 79.9 Å². The molecule has 1 heterocycles. The van der Waals surface area contributed by atoms with Crippen molar-refractivity contribution in [3.05, 3.63) is 59.7 Å². The number of carbonyl (C=O) groups excluding carboxylic acids is 2. The molecule has 154 valence electrons. The Labute approximate surface area is 171 Å². The standard InChI is InChI=1S/C22H27N3O4/c1-28-20-8-2-17(3-9-20)10-11-23-22(27)24-16-21(26)18-4-6-19(7-5-18)25-12-14-29-15-13-25/h2-9H,10-16H2,1H3,(H2,23,24,27).